The zero-order chi connectivity index (χ0) is 19.2. The molecule has 0 atom stereocenters. The summed E-state index contributed by atoms with van der Waals surface area (Å²) in [5, 5.41) is 2.64. The van der Waals surface area contributed by atoms with Gasteiger partial charge in [0.1, 0.15) is 0 Å². The van der Waals surface area contributed by atoms with Crippen LogP contribution in [0, 0.1) is 0 Å². The van der Waals surface area contributed by atoms with E-state index in [0.717, 1.165) is 32.1 Å². The molecule has 7 nitrogen and oxygen atoms in total. The van der Waals surface area contributed by atoms with Crippen molar-refractivity contribution in [3.8, 4) is 0 Å². The van der Waals surface area contributed by atoms with Crippen LogP contribution in [0.25, 0.3) is 0 Å². The van der Waals surface area contributed by atoms with Crippen LogP contribution in [0.4, 0.5) is 5.69 Å². The lowest BCUT2D eigenvalue weighted by Crippen LogP contribution is -2.38. The quantitative estimate of drug-likeness (QED) is 0.732. The molecule has 1 saturated carbocycles. The summed E-state index contributed by atoms with van der Waals surface area (Å²) in [6.45, 7) is 0. The molecule has 0 unspecified atom stereocenters. The second-order valence-corrected chi connectivity index (χ2v) is 8.46. The summed E-state index contributed by atoms with van der Waals surface area (Å²) < 4.78 is 31.5. The minimum absolute atomic E-state index is 0.000972. The van der Waals surface area contributed by atoms with Crippen LogP contribution in [0.5, 0.6) is 0 Å². The molecule has 1 aliphatic rings. The Kier molecular flexibility index (Phi) is 7.16. The third-order valence-electron chi connectivity index (χ3n) is 4.69. The van der Waals surface area contributed by atoms with Crippen molar-refractivity contribution in [3.05, 3.63) is 24.3 Å². The molecule has 8 heteroatoms. The number of sulfonamides is 1. The molecule has 0 aliphatic heterocycles. The molecular weight excluding hydrogens is 356 g/mol. The minimum atomic E-state index is -3.55. The predicted molar refractivity (Wildman–Crippen MR) is 98.1 cm³/mol. The maximum atomic E-state index is 12.8. The van der Waals surface area contributed by atoms with Gasteiger partial charge in [-0.25, -0.2) is 8.42 Å². The number of rotatable bonds is 7. The van der Waals surface area contributed by atoms with E-state index in [0.29, 0.717) is 5.69 Å². The van der Waals surface area contributed by atoms with Gasteiger partial charge < -0.3 is 10.1 Å². The molecule has 2 rings (SSSR count). The molecular formula is C18H26N2O5S. The molecule has 0 bridgehead atoms. The van der Waals surface area contributed by atoms with Gasteiger partial charge in [-0.05, 0) is 37.1 Å². The predicted octanol–water partition coefficient (Wildman–Crippen LogP) is 2.53. The van der Waals surface area contributed by atoms with E-state index in [2.05, 4.69) is 10.1 Å². The highest BCUT2D eigenvalue weighted by atomic mass is 32.2. The lowest BCUT2D eigenvalue weighted by atomic mass is 9.96. The van der Waals surface area contributed by atoms with Gasteiger partial charge in [-0.1, -0.05) is 19.3 Å². The second kappa shape index (κ2) is 9.14. The van der Waals surface area contributed by atoms with Crippen molar-refractivity contribution in [1.82, 2.24) is 4.31 Å². The number of ether oxygens (including phenoxy) is 1. The number of esters is 1. The van der Waals surface area contributed by atoms with E-state index in [-0.39, 0.29) is 29.7 Å². The third kappa shape index (κ3) is 5.28. The van der Waals surface area contributed by atoms with Gasteiger partial charge in [-0.15, -0.1) is 0 Å². The number of amides is 1. The van der Waals surface area contributed by atoms with Gasteiger partial charge in [0.25, 0.3) is 0 Å². The molecule has 1 aromatic rings. The Morgan fingerprint density at radius 1 is 1.12 bits per heavy atom. The summed E-state index contributed by atoms with van der Waals surface area (Å²) >= 11 is 0. The van der Waals surface area contributed by atoms with Crippen LogP contribution in [0.2, 0.25) is 0 Å². The first kappa shape index (κ1) is 20.4. The summed E-state index contributed by atoms with van der Waals surface area (Å²) in [5.41, 5.74) is 0.485. The number of nitrogens with one attached hydrogen (secondary N) is 1. The number of hydrogen-bond acceptors (Lipinski definition) is 5. The molecule has 0 radical (unpaired) electrons. The molecule has 1 amide bonds. The van der Waals surface area contributed by atoms with Gasteiger partial charge >= 0.3 is 5.97 Å². The van der Waals surface area contributed by atoms with Crippen molar-refractivity contribution in [2.75, 3.05) is 19.5 Å². The number of nitrogens with zero attached hydrogens (tertiary/aromatic N) is 1. The van der Waals surface area contributed by atoms with Crippen LogP contribution in [0.1, 0.15) is 44.9 Å². The average Bonchev–Trinajstić information content (AvgIpc) is 2.66. The van der Waals surface area contributed by atoms with Crippen molar-refractivity contribution in [1.29, 1.82) is 0 Å². The first-order chi connectivity index (χ1) is 12.3. The summed E-state index contributed by atoms with van der Waals surface area (Å²) in [7, 11) is -0.649. The lowest BCUT2D eigenvalue weighted by Gasteiger charge is -2.30. The topological polar surface area (TPSA) is 92.8 Å². The van der Waals surface area contributed by atoms with Crippen molar-refractivity contribution in [2.24, 2.45) is 0 Å². The number of carbonyl (C=O) groups is 2. The standard InChI is InChI=1S/C18H26N2O5S/c1-20(15-6-4-3-5-7-15)26(23,24)16-10-8-14(9-11-16)19-17(21)12-13-18(22)25-2/h8-11,15H,3-7,12-13H2,1-2H3,(H,19,21). The average molecular weight is 382 g/mol. The number of benzene rings is 1. The van der Waals surface area contributed by atoms with Gasteiger partial charge in [0.05, 0.1) is 18.4 Å². The fourth-order valence-electron chi connectivity index (χ4n) is 3.06. The molecule has 0 spiro atoms. The monoisotopic (exact) mass is 382 g/mol. The molecule has 144 valence electrons. The minimum Gasteiger partial charge on any atom is -0.469 e. The number of hydrogen-bond donors (Lipinski definition) is 1. The maximum Gasteiger partial charge on any atom is 0.306 e. The Morgan fingerprint density at radius 3 is 2.31 bits per heavy atom. The van der Waals surface area contributed by atoms with Crippen molar-refractivity contribution in [2.45, 2.75) is 55.9 Å². The van der Waals surface area contributed by atoms with Crippen molar-refractivity contribution >= 4 is 27.6 Å². The molecule has 1 N–H and O–H groups in total. The molecule has 0 aromatic heterocycles. The molecule has 1 fully saturated rings. The Bertz CT molecular complexity index is 724. The van der Waals surface area contributed by atoms with Crippen LogP contribution < -0.4 is 5.32 Å². The van der Waals surface area contributed by atoms with Crippen LogP contribution in [0.15, 0.2) is 29.2 Å². The van der Waals surface area contributed by atoms with Crippen molar-refractivity contribution in [3.63, 3.8) is 0 Å². The number of anilines is 1. The Hall–Kier alpha value is -1.93. The van der Waals surface area contributed by atoms with Gasteiger partial charge in [-0.2, -0.15) is 4.31 Å². The number of methoxy groups -OCH3 is 1. The van der Waals surface area contributed by atoms with Crippen LogP contribution >= 0.6 is 0 Å². The SMILES string of the molecule is COC(=O)CCC(=O)Nc1ccc(S(=O)(=O)N(C)C2CCCCC2)cc1. The fourth-order valence-corrected chi connectivity index (χ4v) is 4.47. The summed E-state index contributed by atoms with van der Waals surface area (Å²) in [6.07, 6.45) is 5.07. The zero-order valence-electron chi connectivity index (χ0n) is 15.2. The van der Waals surface area contributed by atoms with Crippen LogP contribution in [-0.4, -0.2) is 44.8 Å². The Labute approximate surface area is 154 Å². The first-order valence-electron chi connectivity index (χ1n) is 8.79. The fraction of sp³-hybridized carbons (Fsp3) is 0.556. The zero-order valence-corrected chi connectivity index (χ0v) is 16.0. The first-order valence-corrected chi connectivity index (χ1v) is 10.2. The normalized spacial score (nSPS) is 15.7. The molecule has 0 heterocycles. The van der Waals surface area contributed by atoms with E-state index in [4.69, 9.17) is 0 Å². The van der Waals surface area contributed by atoms with E-state index >= 15 is 0 Å². The number of carbonyl (C=O) groups excluding carboxylic acids is 2. The van der Waals surface area contributed by atoms with Gasteiger partial charge in [0.2, 0.25) is 15.9 Å². The van der Waals surface area contributed by atoms with E-state index in [1.807, 2.05) is 0 Å². The van der Waals surface area contributed by atoms with Gasteiger partial charge in [-0.3, -0.25) is 9.59 Å². The lowest BCUT2D eigenvalue weighted by molar-refractivity contribution is -0.141. The largest absolute Gasteiger partial charge is 0.469 e. The Morgan fingerprint density at radius 2 is 1.73 bits per heavy atom. The van der Waals surface area contributed by atoms with Gasteiger partial charge in [0.15, 0.2) is 0 Å². The van der Waals surface area contributed by atoms with E-state index < -0.39 is 16.0 Å². The highest BCUT2D eigenvalue weighted by Crippen LogP contribution is 2.27. The van der Waals surface area contributed by atoms with Crippen LogP contribution in [0.3, 0.4) is 0 Å². The van der Waals surface area contributed by atoms with Gasteiger partial charge in [0, 0.05) is 25.2 Å². The van der Waals surface area contributed by atoms with Crippen molar-refractivity contribution < 1.29 is 22.7 Å². The van der Waals surface area contributed by atoms with E-state index in [9.17, 15) is 18.0 Å². The highest BCUT2D eigenvalue weighted by Gasteiger charge is 2.28. The molecule has 0 saturated heterocycles. The molecule has 26 heavy (non-hydrogen) atoms. The summed E-state index contributed by atoms with van der Waals surface area (Å²) in [5.74, 6) is -0.780. The molecule has 1 aliphatic carbocycles. The summed E-state index contributed by atoms with van der Waals surface area (Å²) in [4.78, 5) is 23.0. The highest BCUT2D eigenvalue weighted by molar-refractivity contribution is 7.89. The second-order valence-electron chi connectivity index (χ2n) is 6.46. The summed E-state index contributed by atoms with van der Waals surface area (Å²) in [6, 6.07) is 6.14. The smallest absolute Gasteiger partial charge is 0.306 e. The maximum absolute atomic E-state index is 12.8. The van der Waals surface area contributed by atoms with E-state index in [1.165, 1.54) is 23.5 Å². The van der Waals surface area contributed by atoms with E-state index in [1.54, 1.807) is 19.2 Å². The third-order valence-corrected chi connectivity index (χ3v) is 6.61. The molecule has 1 aromatic carbocycles. The Balaban J connectivity index is 1.99. The van der Waals surface area contributed by atoms with Crippen LogP contribution in [-0.2, 0) is 24.3 Å².